The van der Waals surface area contributed by atoms with E-state index in [9.17, 15) is 0 Å². The molecule has 0 aromatic heterocycles. The van der Waals surface area contributed by atoms with E-state index in [4.69, 9.17) is 17.0 Å². The zero-order valence-corrected chi connectivity index (χ0v) is 10.2. The van der Waals surface area contributed by atoms with E-state index >= 15 is 0 Å². The van der Waals surface area contributed by atoms with Gasteiger partial charge in [0.25, 0.3) is 0 Å². The monoisotopic (exact) mass is 239 g/mol. The van der Waals surface area contributed by atoms with Crippen molar-refractivity contribution in [1.29, 1.82) is 0 Å². The third-order valence-corrected chi connectivity index (χ3v) is 3.30. The van der Waals surface area contributed by atoms with E-state index in [-0.39, 0.29) is 6.10 Å². The molecular formula is C11H13NOS2. The highest BCUT2D eigenvalue weighted by atomic mass is 32.2. The number of ether oxygens (including phenoxy) is 1. The van der Waals surface area contributed by atoms with E-state index < -0.39 is 0 Å². The molecule has 1 heterocycles. The summed E-state index contributed by atoms with van der Waals surface area (Å²) in [5, 5.41) is 3.22. The summed E-state index contributed by atoms with van der Waals surface area (Å²) in [5.41, 5.74) is 0.975. The van der Waals surface area contributed by atoms with E-state index in [2.05, 4.69) is 11.6 Å². The topological polar surface area (TPSA) is 21.3 Å². The van der Waals surface area contributed by atoms with Gasteiger partial charge in [-0.05, 0) is 30.6 Å². The molecule has 4 heteroatoms. The number of hydrogen-bond donors (Lipinski definition) is 1. The molecule has 0 amide bonds. The number of para-hydroxylation sites is 2. The third-order valence-electron chi connectivity index (χ3n) is 2.29. The second-order valence-electron chi connectivity index (χ2n) is 3.37. The Morgan fingerprint density at radius 2 is 2.27 bits per heavy atom. The Bertz CT molecular complexity index is 367. The lowest BCUT2D eigenvalue weighted by Gasteiger charge is -2.27. The van der Waals surface area contributed by atoms with Crippen LogP contribution in [-0.4, -0.2) is 23.1 Å². The van der Waals surface area contributed by atoms with Gasteiger partial charge in [0.15, 0.2) is 0 Å². The van der Waals surface area contributed by atoms with Gasteiger partial charge in [0.05, 0.1) is 5.69 Å². The van der Waals surface area contributed by atoms with Gasteiger partial charge in [-0.3, -0.25) is 0 Å². The number of benzene rings is 1. The summed E-state index contributed by atoms with van der Waals surface area (Å²) in [7, 11) is 0. The Morgan fingerprint density at radius 3 is 3.07 bits per heavy atom. The quantitative estimate of drug-likeness (QED) is 0.818. The van der Waals surface area contributed by atoms with Crippen molar-refractivity contribution in [1.82, 2.24) is 0 Å². The van der Waals surface area contributed by atoms with Crippen LogP contribution in [0.1, 0.15) is 6.42 Å². The van der Waals surface area contributed by atoms with Crippen LogP contribution >= 0.6 is 24.0 Å². The van der Waals surface area contributed by atoms with Crippen LogP contribution < -0.4 is 10.1 Å². The lowest BCUT2D eigenvalue weighted by molar-refractivity contribution is 0.263. The average molecular weight is 239 g/mol. The van der Waals surface area contributed by atoms with Crippen LogP contribution in [0, 0.1) is 0 Å². The van der Waals surface area contributed by atoms with Crippen molar-refractivity contribution in [2.45, 2.75) is 12.5 Å². The molecule has 1 aromatic rings. The van der Waals surface area contributed by atoms with Gasteiger partial charge >= 0.3 is 0 Å². The fourth-order valence-corrected chi connectivity index (χ4v) is 2.23. The summed E-state index contributed by atoms with van der Waals surface area (Å²) in [6.07, 6.45) is 3.08. The molecule has 1 aliphatic rings. The first kappa shape index (κ1) is 10.8. The average Bonchev–Trinajstić information content (AvgIpc) is 2.26. The molecule has 0 fully saturated rings. The van der Waals surface area contributed by atoms with Crippen molar-refractivity contribution in [3.63, 3.8) is 0 Å². The first-order valence-corrected chi connectivity index (χ1v) is 6.67. The molecule has 0 radical (unpaired) electrons. The van der Waals surface area contributed by atoms with E-state index in [0.717, 1.165) is 28.6 Å². The van der Waals surface area contributed by atoms with Crippen molar-refractivity contribution in [2.24, 2.45) is 0 Å². The van der Waals surface area contributed by atoms with Gasteiger partial charge in [0, 0.05) is 0 Å². The second-order valence-corrected chi connectivity index (χ2v) is 4.80. The summed E-state index contributed by atoms with van der Waals surface area (Å²) >= 11 is 7.08. The molecule has 2 nitrogen and oxygen atoms in total. The molecule has 1 atom stereocenters. The Balaban J connectivity index is 2.11. The highest BCUT2D eigenvalue weighted by molar-refractivity contribution is 7.98. The summed E-state index contributed by atoms with van der Waals surface area (Å²) in [5.74, 6) is 1.96. The molecule has 0 saturated heterocycles. The van der Waals surface area contributed by atoms with Crippen LogP contribution in [0.4, 0.5) is 5.69 Å². The molecule has 1 aliphatic heterocycles. The van der Waals surface area contributed by atoms with Crippen molar-refractivity contribution in [2.75, 3.05) is 17.3 Å². The highest BCUT2D eigenvalue weighted by Crippen LogP contribution is 2.30. The van der Waals surface area contributed by atoms with Gasteiger partial charge in [-0.2, -0.15) is 11.8 Å². The second kappa shape index (κ2) is 4.86. The first-order chi connectivity index (χ1) is 7.31. The molecule has 1 aromatic carbocycles. The molecule has 80 valence electrons. The van der Waals surface area contributed by atoms with Gasteiger partial charge in [0.2, 0.25) is 0 Å². The summed E-state index contributed by atoms with van der Waals surface area (Å²) in [4.78, 5) is 0.794. The van der Waals surface area contributed by atoms with Gasteiger partial charge in [-0.15, -0.1) is 0 Å². The molecular weight excluding hydrogens is 226 g/mol. The summed E-state index contributed by atoms with van der Waals surface area (Å²) in [6.45, 7) is 0. The maximum absolute atomic E-state index is 5.83. The number of nitrogens with one attached hydrogen (secondary N) is 1. The smallest absolute Gasteiger partial charge is 0.150 e. The lowest BCUT2D eigenvalue weighted by atomic mass is 10.2. The number of anilines is 1. The van der Waals surface area contributed by atoms with E-state index in [1.807, 2.05) is 36.0 Å². The predicted molar refractivity (Wildman–Crippen MR) is 70.1 cm³/mol. The fourth-order valence-electron chi connectivity index (χ4n) is 1.51. The lowest BCUT2D eigenvalue weighted by Crippen LogP contribution is -2.35. The molecule has 15 heavy (non-hydrogen) atoms. The zero-order chi connectivity index (χ0) is 10.7. The van der Waals surface area contributed by atoms with Gasteiger partial charge in [-0.1, -0.05) is 24.4 Å². The molecule has 0 spiro atoms. The van der Waals surface area contributed by atoms with Crippen LogP contribution in [0.5, 0.6) is 5.75 Å². The van der Waals surface area contributed by atoms with Gasteiger partial charge in [0.1, 0.15) is 16.8 Å². The fraction of sp³-hybridized carbons (Fsp3) is 0.364. The van der Waals surface area contributed by atoms with Crippen molar-refractivity contribution < 1.29 is 4.74 Å². The maximum Gasteiger partial charge on any atom is 0.150 e. The third kappa shape index (κ3) is 2.44. The zero-order valence-electron chi connectivity index (χ0n) is 8.53. The molecule has 2 rings (SSSR count). The van der Waals surface area contributed by atoms with Crippen LogP contribution in [0.15, 0.2) is 24.3 Å². The molecule has 1 unspecified atom stereocenters. The summed E-state index contributed by atoms with van der Waals surface area (Å²) in [6, 6.07) is 7.89. The number of rotatable bonds is 3. The number of thiocarbonyl (C=S) groups is 1. The summed E-state index contributed by atoms with van der Waals surface area (Å²) < 4.78 is 5.83. The van der Waals surface area contributed by atoms with Gasteiger partial charge < -0.3 is 10.1 Å². The minimum Gasteiger partial charge on any atom is -0.481 e. The first-order valence-electron chi connectivity index (χ1n) is 4.87. The minimum absolute atomic E-state index is 0.0300. The minimum atomic E-state index is 0.0300. The number of hydrogen-bond acceptors (Lipinski definition) is 3. The van der Waals surface area contributed by atoms with Crippen LogP contribution in [0.25, 0.3) is 0 Å². The van der Waals surface area contributed by atoms with Crippen molar-refractivity contribution in [3.8, 4) is 5.75 Å². The van der Waals surface area contributed by atoms with Crippen molar-refractivity contribution >= 4 is 34.7 Å². The molecule has 1 N–H and O–H groups in total. The highest BCUT2D eigenvalue weighted by Gasteiger charge is 2.23. The van der Waals surface area contributed by atoms with Crippen molar-refractivity contribution in [3.05, 3.63) is 24.3 Å². The Hall–Kier alpha value is -0.740. The molecule has 0 saturated carbocycles. The SMILES string of the molecule is CSCCC1Oc2ccccc2NC1=S. The largest absolute Gasteiger partial charge is 0.481 e. The van der Waals surface area contributed by atoms with E-state index in [1.54, 1.807) is 0 Å². The maximum atomic E-state index is 5.83. The normalized spacial score (nSPS) is 19.0. The number of fused-ring (bicyclic) bond motifs is 1. The standard InChI is InChI=1S/C11H13NOS2/c1-15-7-6-10-11(14)12-8-4-2-3-5-9(8)13-10/h2-5,10H,6-7H2,1H3,(H,12,14). The van der Waals surface area contributed by atoms with E-state index in [1.165, 1.54) is 0 Å². The van der Waals surface area contributed by atoms with Crippen LogP contribution in [0.2, 0.25) is 0 Å². The van der Waals surface area contributed by atoms with Crippen LogP contribution in [-0.2, 0) is 0 Å². The predicted octanol–water partition coefficient (Wildman–Crippen LogP) is 2.94. The Kier molecular flexibility index (Phi) is 3.49. The number of thioether (sulfide) groups is 1. The Labute approximate surface area is 99.4 Å². The van der Waals surface area contributed by atoms with E-state index in [0.29, 0.717) is 0 Å². The van der Waals surface area contributed by atoms with Crippen LogP contribution in [0.3, 0.4) is 0 Å². The molecule has 0 aliphatic carbocycles. The van der Waals surface area contributed by atoms with Gasteiger partial charge in [-0.25, -0.2) is 0 Å². The Morgan fingerprint density at radius 1 is 1.47 bits per heavy atom. The molecule has 0 bridgehead atoms.